The molecule has 2 aromatic rings. The van der Waals surface area contributed by atoms with E-state index in [0.717, 1.165) is 16.9 Å². The van der Waals surface area contributed by atoms with E-state index in [1.807, 2.05) is 48.7 Å². The summed E-state index contributed by atoms with van der Waals surface area (Å²) in [5.74, 6) is 0.0465. The van der Waals surface area contributed by atoms with E-state index < -0.39 is 0 Å². The van der Waals surface area contributed by atoms with Crippen LogP contribution in [0.5, 0.6) is 0 Å². The highest BCUT2D eigenvalue weighted by Gasteiger charge is 2.23. The van der Waals surface area contributed by atoms with Crippen molar-refractivity contribution < 1.29 is 4.79 Å². The number of allylic oxidation sites excluding steroid dienone is 1. The summed E-state index contributed by atoms with van der Waals surface area (Å²) in [5.41, 5.74) is 3.15. The summed E-state index contributed by atoms with van der Waals surface area (Å²) in [6, 6.07) is 11.3. The summed E-state index contributed by atoms with van der Waals surface area (Å²) in [4.78, 5) is 15.0. The van der Waals surface area contributed by atoms with Crippen LogP contribution in [0.2, 0.25) is 0 Å². The number of carbonyl (C=O) groups is 1. The van der Waals surface area contributed by atoms with E-state index in [2.05, 4.69) is 10.3 Å². The number of aromatic amines is 1. The van der Waals surface area contributed by atoms with Gasteiger partial charge in [0.25, 0.3) is 0 Å². The van der Waals surface area contributed by atoms with Crippen LogP contribution in [-0.4, -0.2) is 10.8 Å². The van der Waals surface area contributed by atoms with E-state index in [1.165, 1.54) is 0 Å². The quantitative estimate of drug-likeness (QED) is 0.711. The van der Waals surface area contributed by atoms with E-state index >= 15 is 0 Å². The summed E-state index contributed by atoms with van der Waals surface area (Å²) < 4.78 is 0. The number of H-pyrrole nitrogens is 1. The number of aromatic nitrogens is 1. The number of carbonyl (C=O) groups excluding carboxylic acids is 1. The third-order valence-corrected chi connectivity index (χ3v) is 2.61. The van der Waals surface area contributed by atoms with Crippen molar-refractivity contribution in [2.45, 2.75) is 0 Å². The molecule has 2 heterocycles. The Morgan fingerprint density at radius 1 is 1.06 bits per heavy atom. The van der Waals surface area contributed by atoms with Gasteiger partial charge in [-0.05, 0) is 30.3 Å². The van der Waals surface area contributed by atoms with Crippen LogP contribution >= 0.6 is 0 Å². The van der Waals surface area contributed by atoms with Crippen molar-refractivity contribution in [2.75, 3.05) is 5.32 Å². The average Bonchev–Trinajstić information content (AvgIpc) is 2.90. The fourth-order valence-electron chi connectivity index (χ4n) is 1.83. The van der Waals surface area contributed by atoms with Gasteiger partial charge in [-0.15, -0.1) is 0 Å². The number of ketones is 1. The molecule has 0 saturated carbocycles. The molecule has 0 radical (unpaired) electrons. The highest BCUT2D eigenvalue weighted by Crippen LogP contribution is 2.28. The fraction of sp³-hybridized carbons (Fsp3) is 0. The monoisotopic (exact) mass is 210 g/mol. The standard InChI is InChI=1S/C13H10N2O/c16-13-10-5-1-2-6-11(10)15-12(13)8-9-4-3-7-14-9/h1-8,14-15H. The van der Waals surface area contributed by atoms with E-state index in [4.69, 9.17) is 0 Å². The Labute approximate surface area is 92.8 Å². The Bertz CT molecular complexity index is 567. The lowest BCUT2D eigenvalue weighted by Crippen LogP contribution is -1.99. The minimum atomic E-state index is 0.0465. The molecule has 78 valence electrons. The van der Waals surface area contributed by atoms with Gasteiger partial charge < -0.3 is 10.3 Å². The van der Waals surface area contributed by atoms with Crippen LogP contribution in [0.25, 0.3) is 6.08 Å². The number of anilines is 1. The fourth-order valence-corrected chi connectivity index (χ4v) is 1.83. The smallest absolute Gasteiger partial charge is 0.211 e. The van der Waals surface area contributed by atoms with Crippen molar-refractivity contribution >= 4 is 17.5 Å². The van der Waals surface area contributed by atoms with Gasteiger partial charge in [-0.25, -0.2) is 0 Å². The predicted molar refractivity (Wildman–Crippen MR) is 63.2 cm³/mol. The number of rotatable bonds is 1. The molecule has 3 rings (SSSR count). The van der Waals surface area contributed by atoms with Crippen LogP contribution in [0.15, 0.2) is 48.3 Å². The first kappa shape index (κ1) is 8.97. The molecule has 2 N–H and O–H groups in total. The van der Waals surface area contributed by atoms with E-state index in [0.29, 0.717) is 5.70 Å². The third-order valence-electron chi connectivity index (χ3n) is 2.61. The van der Waals surface area contributed by atoms with Gasteiger partial charge in [0.2, 0.25) is 5.78 Å². The number of fused-ring (bicyclic) bond motifs is 1. The zero-order valence-electron chi connectivity index (χ0n) is 8.53. The third kappa shape index (κ3) is 1.34. The molecular formula is C13H10N2O. The summed E-state index contributed by atoms with van der Waals surface area (Å²) >= 11 is 0. The molecule has 1 aromatic heterocycles. The van der Waals surface area contributed by atoms with Gasteiger partial charge in [-0.3, -0.25) is 4.79 Å². The molecule has 0 saturated heterocycles. The summed E-state index contributed by atoms with van der Waals surface area (Å²) in [5, 5.41) is 3.11. The van der Waals surface area contributed by atoms with Crippen molar-refractivity contribution in [1.82, 2.24) is 4.98 Å². The maximum atomic E-state index is 12.0. The highest BCUT2D eigenvalue weighted by molar-refractivity contribution is 6.20. The van der Waals surface area contributed by atoms with Crippen LogP contribution in [0, 0.1) is 0 Å². The van der Waals surface area contributed by atoms with Gasteiger partial charge in [0.05, 0.1) is 5.70 Å². The maximum absolute atomic E-state index is 12.0. The minimum Gasteiger partial charge on any atom is -0.362 e. The number of Topliss-reactive ketones (excluding diaryl/α,β-unsaturated/α-hetero) is 1. The van der Waals surface area contributed by atoms with Gasteiger partial charge >= 0.3 is 0 Å². The van der Waals surface area contributed by atoms with Gasteiger partial charge in [0, 0.05) is 23.1 Å². The highest BCUT2D eigenvalue weighted by atomic mass is 16.1. The number of hydrogen-bond acceptors (Lipinski definition) is 2. The molecule has 0 spiro atoms. The van der Waals surface area contributed by atoms with Crippen molar-refractivity contribution in [2.24, 2.45) is 0 Å². The van der Waals surface area contributed by atoms with E-state index in [9.17, 15) is 4.79 Å². The largest absolute Gasteiger partial charge is 0.362 e. The van der Waals surface area contributed by atoms with Gasteiger partial charge in [0.1, 0.15) is 0 Å². The Balaban J connectivity index is 2.02. The van der Waals surface area contributed by atoms with Crippen LogP contribution < -0.4 is 5.32 Å². The van der Waals surface area contributed by atoms with Crippen LogP contribution in [0.4, 0.5) is 5.69 Å². The molecule has 3 nitrogen and oxygen atoms in total. The molecule has 16 heavy (non-hydrogen) atoms. The Morgan fingerprint density at radius 3 is 2.69 bits per heavy atom. The lowest BCUT2D eigenvalue weighted by molar-refractivity contribution is 0.104. The first-order valence-electron chi connectivity index (χ1n) is 5.10. The molecule has 0 unspecified atom stereocenters. The zero-order valence-corrected chi connectivity index (χ0v) is 8.53. The van der Waals surface area contributed by atoms with Gasteiger partial charge in [-0.1, -0.05) is 12.1 Å². The molecule has 0 bridgehead atoms. The van der Waals surface area contributed by atoms with Crippen molar-refractivity contribution in [1.29, 1.82) is 0 Å². The predicted octanol–water partition coefficient (Wildman–Crippen LogP) is 2.66. The first-order valence-corrected chi connectivity index (χ1v) is 5.10. The van der Waals surface area contributed by atoms with E-state index in [1.54, 1.807) is 0 Å². The molecule has 0 amide bonds. The molecule has 1 aromatic carbocycles. The lowest BCUT2D eigenvalue weighted by atomic mass is 10.1. The van der Waals surface area contributed by atoms with Crippen LogP contribution in [-0.2, 0) is 0 Å². The number of benzene rings is 1. The second kappa shape index (κ2) is 3.38. The normalized spacial score (nSPS) is 16.2. The van der Waals surface area contributed by atoms with Crippen molar-refractivity contribution in [3.05, 3.63) is 59.5 Å². The summed E-state index contributed by atoms with van der Waals surface area (Å²) in [6.45, 7) is 0. The molecule has 1 aliphatic rings. The topological polar surface area (TPSA) is 44.9 Å². The van der Waals surface area contributed by atoms with Gasteiger partial charge in [0.15, 0.2) is 0 Å². The lowest BCUT2D eigenvalue weighted by Gasteiger charge is -1.96. The summed E-state index contributed by atoms with van der Waals surface area (Å²) in [6.07, 6.45) is 3.65. The van der Waals surface area contributed by atoms with E-state index in [-0.39, 0.29) is 5.78 Å². The Kier molecular flexibility index (Phi) is 1.90. The Morgan fingerprint density at radius 2 is 1.94 bits per heavy atom. The minimum absolute atomic E-state index is 0.0465. The van der Waals surface area contributed by atoms with Crippen LogP contribution in [0.3, 0.4) is 0 Å². The second-order valence-corrected chi connectivity index (χ2v) is 3.68. The molecule has 0 atom stereocenters. The number of para-hydroxylation sites is 1. The van der Waals surface area contributed by atoms with Gasteiger partial charge in [-0.2, -0.15) is 0 Å². The maximum Gasteiger partial charge on any atom is 0.211 e. The molecule has 1 aliphatic heterocycles. The van der Waals surface area contributed by atoms with Crippen molar-refractivity contribution in [3.63, 3.8) is 0 Å². The number of nitrogens with one attached hydrogen (secondary N) is 2. The zero-order chi connectivity index (χ0) is 11.0. The Hall–Kier alpha value is -2.29. The van der Waals surface area contributed by atoms with Crippen molar-refractivity contribution in [3.8, 4) is 0 Å². The molecule has 0 fully saturated rings. The molecular weight excluding hydrogens is 200 g/mol. The number of hydrogen-bond donors (Lipinski definition) is 2. The first-order chi connectivity index (χ1) is 7.84. The summed E-state index contributed by atoms with van der Waals surface area (Å²) in [7, 11) is 0. The SMILES string of the molecule is O=C1C(=Cc2ccc[nH]2)Nc2ccccc21. The molecule has 3 heteroatoms. The van der Waals surface area contributed by atoms with Crippen LogP contribution in [0.1, 0.15) is 16.1 Å². The second-order valence-electron chi connectivity index (χ2n) is 3.68. The molecule has 0 aliphatic carbocycles. The average molecular weight is 210 g/mol.